The number of piperidine rings is 1. The highest BCUT2D eigenvalue weighted by atomic mass is 16.5. The molecule has 0 bridgehead atoms. The molecule has 0 aromatic heterocycles. The molecule has 4 heteroatoms. The molecule has 1 saturated heterocycles. The van der Waals surface area contributed by atoms with Crippen molar-refractivity contribution in [3.05, 3.63) is 23.8 Å². The highest BCUT2D eigenvalue weighted by Crippen LogP contribution is 2.28. The minimum Gasteiger partial charge on any atom is -0.493 e. The summed E-state index contributed by atoms with van der Waals surface area (Å²) in [5.41, 5.74) is 7.25. The molecular formula is C17H28N2O2. The van der Waals surface area contributed by atoms with E-state index >= 15 is 0 Å². The van der Waals surface area contributed by atoms with Crippen LogP contribution >= 0.6 is 0 Å². The van der Waals surface area contributed by atoms with E-state index < -0.39 is 0 Å². The molecule has 0 saturated carbocycles. The van der Waals surface area contributed by atoms with Gasteiger partial charge in [0, 0.05) is 6.54 Å². The molecule has 1 aromatic carbocycles. The summed E-state index contributed by atoms with van der Waals surface area (Å²) in [5, 5.41) is 0. The van der Waals surface area contributed by atoms with Gasteiger partial charge in [-0.2, -0.15) is 0 Å². The lowest BCUT2D eigenvalue weighted by molar-refractivity contribution is 0.196. The van der Waals surface area contributed by atoms with Crippen molar-refractivity contribution in [3.8, 4) is 11.5 Å². The predicted octanol–water partition coefficient (Wildman–Crippen LogP) is 2.31. The first-order valence-corrected chi connectivity index (χ1v) is 7.90. The number of hydrogen-bond acceptors (Lipinski definition) is 4. The van der Waals surface area contributed by atoms with Gasteiger partial charge in [0.05, 0.1) is 14.2 Å². The Labute approximate surface area is 128 Å². The third-order valence-corrected chi connectivity index (χ3v) is 4.27. The second kappa shape index (κ2) is 8.25. The van der Waals surface area contributed by atoms with Gasteiger partial charge >= 0.3 is 0 Å². The van der Waals surface area contributed by atoms with E-state index in [4.69, 9.17) is 15.2 Å². The molecule has 4 nitrogen and oxygen atoms in total. The van der Waals surface area contributed by atoms with E-state index in [-0.39, 0.29) is 0 Å². The molecule has 0 radical (unpaired) electrons. The quantitative estimate of drug-likeness (QED) is 0.838. The molecule has 1 unspecified atom stereocenters. The second-order valence-corrected chi connectivity index (χ2v) is 5.86. The number of benzene rings is 1. The molecule has 0 amide bonds. The summed E-state index contributed by atoms with van der Waals surface area (Å²) in [4.78, 5) is 2.56. The first kappa shape index (κ1) is 16.1. The maximum atomic E-state index is 5.98. The van der Waals surface area contributed by atoms with Gasteiger partial charge in [0.15, 0.2) is 11.5 Å². The minimum atomic E-state index is 0.501. The Balaban J connectivity index is 1.97. The van der Waals surface area contributed by atoms with E-state index in [1.165, 1.54) is 37.9 Å². The van der Waals surface area contributed by atoms with Crippen LogP contribution in [0.4, 0.5) is 0 Å². The molecule has 1 fully saturated rings. The van der Waals surface area contributed by atoms with Gasteiger partial charge in [-0.05, 0) is 62.5 Å². The number of ether oxygens (including phenoxy) is 2. The van der Waals surface area contributed by atoms with Crippen LogP contribution in [0.1, 0.15) is 24.8 Å². The number of methoxy groups -OCH3 is 2. The molecule has 2 rings (SSSR count). The van der Waals surface area contributed by atoms with Crippen LogP contribution in [0.25, 0.3) is 0 Å². The number of likely N-dealkylation sites (tertiary alicyclic amines) is 1. The van der Waals surface area contributed by atoms with Crippen LogP contribution in [0.15, 0.2) is 18.2 Å². The largest absolute Gasteiger partial charge is 0.493 e. The Hall–Kier alpha value is -1.26. The molecule has 1 heterocycles. The average molecular weight is 292 g/mol. The molecule has 21 heavy (non-hydrogen) atoms. The lowest BCUT2D eigenvalue weighted by atomic mass is 9.97. The first-order valence-electron chi connectivity index (χ1n) is 7.90. The fourth-order valence-electron chi connectivity index (χ4n) is 3.07. The summed E-state index contributed by atoms with van der Waals surface area (Å²) >= 11 is 0. The standard InChI is InChI=1S/C17H28N2O2/c1-20-16-7-6-14(11-17(16)21-2)10-15(12-18)13-19-8-4-3-5-9-19/h6-7,11,15H,3-5,8-10,12-13,18H2,1-2H3. The Kier molecular flexibility index (Phi) is 6.33. The smallest absolute Gasteiger partial charge is 0.160 e. The average Bonchev–Trinajstić information content (AvgIpc) is 2.55. The van der Waals surface area contributed by atoms with Gasteiger partial charge in [0.2, 0.25) is 0 Å². The molecule has 0 spiro atoms. The van der Waals surface area contributed by atoms with Crippen molar-refractivity contribution in [3.63, 3.8) is 0 Å². The normalized spacial score (nSPS) is 17.5. The highest BCUT2D eigenvalue weighted by Gasteiger charge is 2.16. The molecule has 2 N–H and O–H groups in total. The Morgan fingerprint density at radius 1 is 1.10 bits per heavy atom. The molecule has 1 aliphatic heterocycles. The van der Waals surface area contributed by atoms with Crippen molar-refractivity contribution in [2.24, 2.45) is 11.7 Å². The monoisotopic (exact) mass is 292 g/mol. The van der Waals surface area contributed by atoms with Crippen LogP contribution < -0.4 is 15.2 Å². The van der Waals surface area contributed by atoms with Crippen LogP contribution in [0.3, 0.4) is 0 Å². The van der Waals surface area contributed by atoms with E-state index in [2.05, 4.69) is 17.0 Å². The van der Waals surface area contributed by atoms with Crippen molar-refractivity contribution in [1.82, 2.24) is 4.90 Å². The van der Waals surface area contributed by atoms with E-state index in [0.717, 1.165) is 31.0 Å². The number of rotatable bonds is 7. The maximum absolute atomic E-state index is 5.98. The van der Waals surface area contributed by atoms with Crippen LogP contribution in [-0.4, -0.2) is 45.3 Å². The summed E-state index contributed by atoms with van der Waals surface area (Å²) < 4.78 is 10.7. The zero-order chi connectivity index (χ0) is 15.1. The molecule has 118 valence electrons. The van der Waals surface area contributed by atoms with E-state index in [0.29, 0.717) is 5.92 Å². The lowest BCUT2D eigenvalue weighted by Crippen LogP contribution is -2.37. The van der Waals surface area contributed by atoms with Gasteiger partial charge in [0.1, 0.15) is 0 Å². The summed E-state index contributed by atoms with van der Waals surface area (Å²) in [6.45, 7) is 4.28. The topological polar surface area (TPSA) is 47.7 Å². The van der Waals surface area contributed by atoms with Gasteiger partial charge < -0.3 is 20.1 Å². The minimum absolute atomic E-state index is 0.501. The molecule has 1 aliphatic rings. The third kappa shape index (κ3) is 4.61. The lowest BCUT2D eigenvalue weighted by Gasteiger charge is -2.30. The highest BCUT2D eigenvalue weighted by molar-refractivity contribution is 5.43. The summed E-state index contributed by atoms with van der Waals surface area (Å²) in [5.74, 6) is 2.08. The van der Waals surface area contributed by atoms with Crippen LogP contribution in [-0.2, 0) is 6.42 Å². The van der Waals surface area contributed by atoms with Gasteiger partial charge in [-0.3, -0.25) is 0 Å². The van der Waals surface area contributed by atoms with Crippen molar-refractivity contribution in [2.45, 2.75) is 25.7 Å². The zero-order valence-corrected chi connectivity index (χ0v) is 13.3. The molecule has 0 aliphatic carbocycles. The zero-order valence-electron chi connectivity index (χ0n) is 13.3. The van der Waals surface area contributed by atoms with Gasteiger partial charge in [0.25, 0.3) is 0 Å². The predicted molar refractivity (Wildman–Crippen MR) is 86.1 cm³/mol. The maximum Gasteiger partial charge on any atom is 0.160 e. The second-order valence-electron chi connectivity index (χ2n) is 5.86. The fraction of sp³-hybridized carbons (Fsp3) is 0.647. The Morgan fingerprint density at radius 2 is 1.81 bits per heavy atom. The molecular weight excluding hydrogens is 264 g/mol. The van der Waals surface area contributed by atoms with E-state index in [1.807, 2.05) is 6.07 Å². The van der Waals surface area contributed by atoms with Crippen LogP contribution in [0.2, 0.25) is 0 Å². The van der Waals surface area contributed by atoms with Crippen molar-refractivity contribution >= 4 is 0 Å². The summed E-state index contributed by atoms with van der Waals surface area (Å²) in [6, 6.07) is 6.15. The van der Waals surface area contributed by atoms with Crippen molar-refractivity contribution < 1.29 is 9.47 Å². The number of nitrogens with two attached hydrogens (primary N) is 1. The Bertz CT molecular complexity index is 431. The number of hydrogen-bond donors (Lipinski definition) is 1. The SMILES string of the molecule is COc1ccc(CC(CN)CN2CCCCC2)cc1OC. The van der Waals surface area contributed by atoms with Crippen LogP contribution in [0.5, 0.6) is 11.5 Å². The van der Waals surface area contributed by atoms with Gasteiger partial charge in [-0.1, -0.05) is 12.5 Å². The number of nitrogens with zero attached hydrogens (tertiary/aromatic N) is 1. The van der Waals surface area contributed by atoms with E-state index in [9.17, 15) is 0 Å². The third-order valence-electron chi connectivity index (χ3n) is 4.27. The molecule has 1 atom stereocenters. The van der Waals surface area contributed by atoms with Gasteiger partial charge in [-0.15, -0.1) is 0 Å². The fourth-order valence-corrected chi connectivity index (χ4v) is 3.07. The summed E-state index contributed by atoms with van der Waals surface area (Å²) in [6.07, 6.45) is 5.02. The van der Waals surface area contributed by atoms with Crippen molar-refractivity contribution in [1.29, 1.82) is 0 Å². The van der Waals surface area contributed by atoms with Gasteiger partial charge in [-0.25, -0.2) is 0 Å². The molecule has 1 aromatic rings. The summed E-state index contributed by atoms with van der Waals surface area (Å²) in [7, 11) is 3.34. The Morgan fingerprint density at radius 3 is 2.43 bits per heavy atom. The van der Waals surface area contributed by atoms with Crippen molar-refractivity contribution in [2.75, 3.05) is 40.4 Å². The van der Waals surface area contributed by atoms with E-state index in [1.54, 1.807) is 14.2 Å². The van der Waals surface area contributed by atoms with Crippen LogP contribution in [0, 0.1) is 5.92 Å². The first-order chi connectivity index (χ1) is 10.3.